The van der Waals surface area contributed by atoms with Gasteiger partial charge in [0.25, 0.3) is 5.91 Å². The molecule has 2 aromatic carbocycles. The van der Waals surface area contributed by atoms with Gasteiger partial charge in [-0.15, -0.1) is 11.3 Å². The molecule has 1 aliphatic rings. The zero-order valence-corrected chi connectivity index (χ0v) is 23.0. The third-order valence-electron chi connectivity index (χ3n) is 6.20. The number of thiazole rings is 1. The van der Waals surface area contributed by atoms with Crippen LogP contribution in [0.25, 0.3) is 17.3 Å². The van der Waals surface area contributed by atoms with Crippen LogP contribution in [0.3, 0.4) is 0 Å². The number of halogens is 2. The number of rotatable bonds is 10. The largest absolute Gasteiger partial charge is 0.493 e. The Bertz CT molecular complexity index is 1340. The summed E-state index contributed by atoms with van der Waals surface area (Å²) in [5, 5.41) is 12.8. The second kappa shape index (κ2) is 12.1. The van der Waals surface area contributed by atoms with Crippen LogP contribution in [0.2, 0.25) is 10.0 Å². The summed E-state index contributed by atoms with van der Waals surface area (Å²) in [5.41, 5.74) is 3.77. The summed E-state index contributed by atoms with van der Waals surface area (Å²) >= 11 is 14.1. The first-order valence-corrected chi connectivity index (χ1v) is 13.8. The van der Waals surface area contributed by atoms with Crippen LogP contribution in [-0.4, -0.2) is 28.6 Å². The average molecular weight is 560 g/mol. The van der Waals surface area contributed by atoms with Crippen LogP contribution in [0.15, 0.2) is 35.9 Å². The lowest BCUT2D eigenvalue weighted by atomic mass is 9.93. The van der Waals surface area contributed by atoms with Gasteiger partial charge in [-0.2, -0.15) is 0 Å². The van der Waals surface area contributed by atoms with Crippen molar-refractivity contribution in [2.45, 2.75) is 52.4 Å². The summed E-state index contributed by atoms with van der Waals surface area (Å²) in [7, 11) is 0. The smallest absolute Gasteiger partial charge is 0.331 e. The Balaban J connectivity index is 1.51. The number of carboxylic acids is 1. The van der Waals surface area contributed by atoms with Crippen LogP contribution in [0, 0.1) is 0 Å². The lowest BCUT2D eigenvalue weighted by molar-refractivity contribution is -0.132. The minimum absolute atomic E-state index is 0.0831. The molecule has 0 saturated heterocycles. The molecule has 1 heterocycles. The molecule has 0 saturated carbocycles. The highest BCUT2D eigenvalue weighted by molar-refractivity contribution is 7.16. The molecule has 0 unspecified atom stereocenters. The fourth-order valence-electron chi connectivity index (χ4n) is 4.22. The summed E-state index contributed by atoms with van der Waals surface area (Å²) < 4.78 is 6.11. The number of carbonyl (C=O) groups excluding carboxylic acids is 1. The quantitative estimate of drug-likeness (QED) is 0.195. The molecule has 0 radical (unpaired) electrons. The van der Waals surface area contributed by atoms with Crippen molar-refractivity contribution in [3.63, 3.8) is 0 Å². The van der Waals surface area contributed by atoms with E-state index in [9.17, 15) is 9.59 Å². The molecule has 1 aliphatic carbocycles. The van der Waals surface area contributed by atoms with Crippen LogP contribution in [0.1, 0.15) is 65.9 Å². The number of anilines is 1. The first-order valence-electron chi connectivity index (χ1n) is 12.2. The number of amides is 1. The van der Waals surface area contributed by atoms with E-state index in [0.717, 1.165) is 46.7 Å². The molecule has 0 bridgehead atoms. The molecule has 2 N–H and O–H groups in total. The molecule has 1 amide bonds. The molecule has 194 valence electrons. The summed E-state index contributed by atoms with van der Waals surface area (Å²) in [6.45, 7) is 4.35. The van der Waals surface area contributed by atoms with Crippen molar-refractivity contribution in [2.75, 3.05) is 11.9 Å². The van der Waals surface area contributed by atoms with Gasteiger partial charge in [0.1, 0.15) is 5.75 Å². The lowest BCUT2D eigenvalue weighted by Crippen LogP contribution is -2.12. The number of hydrogen-bond donors (Lipinski definition) is 2. The molecule has 9 heteroatoms. The monoisotopic (exact) mass is 558 g/mol. The van der Waals surface area contributed by atoms with Gasteiger partial charge in [-0.1, -0.05) is 61.5 Å². The fraction of sp³-hybridized carbons (Fsp3) is 0.321. The van der Waals surface area contributed by atoms with Gasteiger partial charge in [0.05, 0.1) is 22.3 Å². The first kappa shape index (κ1) is 27.2. The van der Waals surface area contributed by atoms with Crippen LogP contribution >= 0.6 is 34.5 Å². The Labute approximate surface area is 230 Å². The summed E-state index contributed by atoms with van der Waals surface area (Å²) in [6, 6.07) is 8.99. The molecule has 0 fully saturated rings. The van der Waals surface area contributed by atoms with Crippen molar-refractivity contribution in [3.05, 3.63) is 67.5 Å². The number of fused-ring (bicyclic) bond motifs is 3. The first-order chi connectivity index (χ1) is 17.8. The molecular formula is C28H28Cl2N2O4S. The molecule has 6 nitrogen and oxygen atoms in total. The summed E-state index contributed by atoms with van der Waals surface area (Å²) in [5.74, 6) is -0.562. The van der Waals surface area contributed by atoms with Crippen molar-refractivity contribution in [3.8, 4) is 17.0 Å². The van der Waals surface area contributed by atoms with E-state index in [1.807, 2.05) is 18.2 Å². The number of carbonyl (C=O) groups is 2. The molecule has 3 aromatic rings. The molecule has 4 rings (SSSR count). The summed E-state index contributed by atoms with van der Waals surface area (Å²) in [4.78, 5) is 30.0. The maximum absolute atomic E-state index is 13.0. The van der Waals surface area contributed by atoms with E-state index in [1.54, 1.807) is 0 Å². The zero-order chi connectivity index (χ0) is 26.5. The highest BCUT2D eigenvalue weighted by atomic mass is 35.5. The van der Waals surface area contributed by atoms with E-state index in [2.05, 4.69) is 12.2 Å². The number of aryl methyl sites for hydroxylation is 1. The number of unbranched alkanes of at least 4 members (excludes halogenated alkanes) is 3. The second-order valence-corrected chi connectivity index (χ2v) is 10.8. The van der Waals surface area contributed by atoms with Crippen LogP contribution in [0.4, 0.5) is 5.13 Å². The van der Waals surface area contributed by atoms with E-state index in [4.69, 9.17) is 38.0 Å². The number of aromatic nitrogens is 1. The molecule has 0 spiro atoms. The Hall–Kier alpha value is -2.87. The van der Waals surface area contributed by atoms with Gasteiger partial charge in [-0.25, -0.2) is 9.78 Å². The normalized spacial score (nSPS) is 12.6. The van der Waals surface area contributed by atoms with Crippen molar-refractivity contribution >= 4 is 57.6 Å². The number of hydrogen-bond acceptors (Lipinski definition) is 5. The maximum Gasteiger partial charge on any atom is 0.331 e. The van der Waals surface area contributed by atoms with Crippen LogP contribution in [-0.2, 0) is 17.6 Å². The number of benzene rings is 2. The van der Waals surface area contributed by atoms with Gasteiger partial charge in [-0.3, -0.25) is 10.1 Å². The topological polar surface area (TPSA) is 88.5 Å². The van der Waals surface area contributed by atoms with Gasteiger partial charge < -0.3 is 9.84 Å². The predicted molar refractivity (Wildman–Crippen MR) is 150 cm³/mol. The average Bonchev–Trinajstić information content (AvgIpc) is 3.28. The maximum atomic E-state index is 13.0. The zero-order valence-electron chi connectivity index (χ0n) is 20.7. The number of nitrogens with zero attached hydrogens (tertiary/aromatic N) is 1. The number of carboxylic acid groups (broad SMARTS) is 1. The van der Waals surface area contributed by atoms with E-state index in [1.165, 1.54) is 55.7 Å². The Morgan fingerprint density at radius 3 is 2.62 bits per heavy atom. The molecular weight excluding hydrogens is 531 g/mol. The van der Waals surface area contributed by atoms with Gasteiger partial charge in [0.2, 0.25) is 0 Å². The third kappa shape index (κ3) is 6.35. The van der Waals surface area contributed by atoms with E-state index >= 15 is 0 Å². The SMILES string of the molecule is CCCCCCOc1cccc2c1CCc1sc(NC(=O)c3cc(Cl)c(C=C(C)C(=O)O)c(Cl)c3)nc1-2. The van der Waals surface area contributed by atoms with Crippen molar-refractivity contribution in [1.82, 2.24) is 4.98 Å². The third-order valence-corrected chi connectivity index (χ3v) is 7.86. The number of nitrogens with one attached hydrogen (secondary N) is 1. The van der Waals surface area contributed by atoms with Crippen molar-refractivity contribution < 1.29 is 19.4 Å². The number of aliphatic carboxylic acids is 1. The fourth-order valence-corrected chi connectivity index (χ4v) is 5.78. The van der Waals surface area contributed by atoms with Gasteiger partial charge in [0, 0.05) is 32.7 Å². The Morgan fingerprint density at radius 1 is 1.16 bits per heavy atom. The minimum atomic E-state index is -1.08. The minimum Gasteiger partial charge on any atom is -0.493 e. The Morgan fingerprint density at radius 2 is 1.92 bits per heavy atom. The van der Waals surface area contributed by atoms with E-state index < -0.39 is 11.9 Å². The second-order valence-electron chi connectivity index (χ2n) is 8.92. The van der Waals surface area contributed by atoms with Gasteiger partial charge in [-0.05, 0) is 50.5 Å². The van der Waals surface area contributed by atoms with Crippen molar-refractivity contribution in [2.24, 2.45) is 0 Å². The van der Waals surface area contributed by atoms with Crippen LogP contribution < -0.4 is 10.1 Å². The van der Waals surface area contributed by atoms with Crippen molar-refractivity contribution in [1.29, 1.82) is 0 Å². The Kier molecular flexibility index (Phi) is 8.90. The van der Waals surface area contributed by atoms with Gasteiger partial charge in [0.15, 0.2) is 5.13 Å². The highest BCUT2D eigenvalue weighted by Crippen LogP contribution is 2.41. The standard InChI is InChI=1S/C28H28Cl2N2O4S/c1-3-4-5-6-12-36-23-9-7-8-19-18(23)10-11-24-25(19)31-28(37-24)32-26(33)17-14-21(29)20(22(30)15-17)13-16(2)27(34)35/h7-9,13-15H,3-6,10-12H2,1-2H3,(H,34,35)(H,31,32,33). The van der Waals surface area contributed by atoms with E-state index in [0.29, 0.717) is 17.3 Å². The molecule has 0 atom stereocenters. The highest BCUT2D eigenvalue weighted by Gasteiger charge is 2.24. The molecule has 37 heavy (non-hydrogen) atoms. The number of ether oxygens (including phenoxy) is 1. The summed E-state index contributed by atoms with van der Waals surface area (Å²) in [6.07, 6.45) is 7.69. The van der Waals surface area contributed by atoms with Gasteiger partial charge >= 0.3 is 5.97 Å². The van der Waals surface area contributed by atoms with E-state index in [-0.39, 0.29) is 21.2 Å². The lowest BCUT2D eigenvalue weighted by Gasteiger charge is -2.19. The predicted octanol–water partition coefficient (Wildman–Crippen LogP) is 7.91. The van der Waals surface area contributed by atoms with Crippen LogP contribution in [0.5, 0.6) is 5.75 Å². The molecule has 0 aliphatic heterocycles. The molecule has 1 aromatic heterocycles.